The van der Waals surface area contributed by atoms with Gasteiger partial charge in [-0.2, -0.15) is 0 Å². The van der Waals surface area contributed by atoms with Crippen molar-refractivity contribution >= 4 is 16.6 Å². The third-order valence-electron chi connectivity index (χ3n) is 2.94. The predicted octanol–water partition coefficient (Wildman–Crippen LogP) is 3.54. The molecule has 0 aliphatic carbocycles. The monoisotopic (exact) mass is 238 g/mol. The Labute approximate surface area is 103 Å². The second-order valence-electron chi connectivity index (χ2n) is 3.99. The van der Waals surface area contributed by atoms with E-state index < -0.39 is 0 Å². The van der Waals surface area contributed by atoms with Crippen LogP contribution in [0.25, 0.3) is 16.6 Å². The molecule has 0 atom stereocenters. The summed E-state index contributed by atoms with van der Waals surface area (Å²) in [5.41, 5.74) is 1.98. The summed E-state index contributed by atoms with van der Waals surface area (Å²) in [6.45, 7) is 0. The molecule has 4 nitrogen and oxygen atoms in total. The van der Waals surface area contributed by atoms with Crippen molar-refractivity contribution in [2.24, 2.45) is 0 Å². The highest BCUT2D eigenvalue weighted by Gasteiger charge is 2.13. The van der Waals surface area contributed by atoms with Crippen LogP contribution in [0.3, 0.4) is 0 Å². The molecule has 0 amide bonds. The highest BCUT2D eigenvalue weighted by atomic mass is 16.6. The van der Waals surface area contributed by atoms with Crippen molar-refractivity contribution in [1.82, 2.24) is 4.57 Å². The fourth-order valence-corrected chi connectivity index (χ4v) is 2.12. The van der Waals surface area contributed by atoms with E-state index in [4.69, 9.17) is 0 Å². The van der Waals surface area contributed by atoms with E-state index in [0.717, 1.165) is 11.2 Å². The summed E-state index contributed by atoms with van der Waals surface area (Å²) in [7, 11) is 0. The van der Waals surface area contributed by atoms with Crippen LogP contribution in [0.2, 0.25) is 0 Å². The molecule has 0 unspecified atom stereocenters. The van der Waals surface area contributed by atoms with Gasteiger partial charge in [-0.3, -0.25) is 10.1 Å². The number of nitro groups is 1. The van der Waals surface area contributed by atoms with Crippen molar-refractivity contribution < 1.29 is 4.92 Å². The molecule has 0 radical (unpaired) electrons. The minimum Gasteiger partial charge on any atom is -0.316 e. The maximum Gasteiger partial charge on any atom is 0.278 e. The third kappa shape index (κ3) is 1.55. The first-order valence-electron chi connectivity index (χ1n) is 5.57. The molecule has 0 saturated carbocycles. The van der Waals surface area contributed by atoms with E-state index >= 15 is 0 Å². The van der Waals surface area contributed by atoms with E-state index in [1.54, 1.807) is 12.1 Å². The molecule has 18 heavy (non-hydrogen) atoms. The molecule has 1 aromatic heterocycles. The molecule has 4 heteroatoms. The summed E-state index contributed by atoms with van der Waals surface area (Å²) >= 11 is 0. The van der Waals surface area contributed by atoms with Crippen LogP contribution in [0.4, 0.5) is 5.69 Å². The zero-order valence-corrected chi connectivity index (χ0v) is 9.48. The Morgan fingerprint density at radius 2 is 1.72 bits per heavy atom. The van der Waals surface area contributed by atoms with E-state index in [9.17, 15) is 10.1 Å². The van der Waals surface area contributed by atoms with Gasteiger partial charge in [0.25, 0.3) is 5.69 Å². The van der Waals surface area contributed by atoms with Crippen LogP contribution in [0.1, 0.15) is 0 Å². The van der Waals surface area contributed by atoms with Crippen LogP contribution in [0, 0.1) is 10.1 Å². The van der Waals surface area contributed by atoms with Crippen LogP contribution in [-0.2, 0) is 0 Å². The quantitative estimate of drug-likeness (QED) is 0.506. The Morgan fingerprint density at radius 1 is 0.944 bits per heavy atom. The SMILES string of the molecule is O=[N+]([O-])c1cccc2c1ccn2-c1ccccc1. The van der Waals surface area contributed by atoms with E-state index in [2.05, 4.69) is 0 Å². The second-order valence-corrected chi connectivity index (χ2v) is 3.99. The summed E-state index contributed by atoms with van der Waals surface area (Å²) in [4.78, 5) is 10.6. The van der Waals surface area contributed by atoms with Crippen LogP contribution in [0.15, 0.2) is 60.8 Å². The zero-order valence-electron chi connectivity index (χ0n) is 9.48. The second kappa shape index (κ2) is 4.00. The molecule has 0 aliphatic heterocycles. The summed E-state index contributed by atoms with van der Waals surface area (Å²) < 4.78 is 1.95. The van der Waals surface area contributed by atoms with Gasteiger partial charge in [0.2, 0.25) is 0 Å². The zero-order chi connectivity index (χ0) is 12.5. The lowest BCUT2D eigenvalue weighted by Crippen LogP contribution is -1.92. The average Bonchev–Trinajstić information content (AvgIpc) is 2.83. The first-order valence-corrected chi connectivity index (χ1v) is 5.57. The first kappa shape index (κ1) is 10.5. The molecule has 88 valence electrons. The van der Waals surface area contributed by atoms with Gasteiger partial charge < -0.3 is 4.57 Å². The largest absolute Gasteiger partial charge is 0.316 e. The molecule has 0 saturated heterocycles. The Hall–Kier alpha value is -2.62. The molecule has 2 aromatic carbocycles. The lowest BCUT2D eigenvalue weighted by molar-refractivity contribution is -0.383. The van der Waals surface area contributed by atoms with Crippen LogP contribution in [0.5, 0.6) is 0 Å². The number of nitro benzene ring substituents is 1. The van der Waals surface area contributed by atoms with E-state index in [1.807, 2.05) is 47.2 Å². The van der Waals surface area contributed by atoms with Crippen molar-refractivity contribution in [2.45, 2.75) is 0 Å². The van der Waals surface area contributed by atoms with Crippen LogP contribution < -0.4 is 0 Å². The smallest absolute Gasteiger partial charge is 0.278 e. The lowest BCUT2D eigenvalue weighted by atomic mass is 10.2. The Balaban J connectivity index is 2.28. The van der Waals surface area contributed by atoms with Gasteiger partial charge in [0.05, 0.1) is 15.8 Å². The summed E-state index contributed by atoms with van der Waals surface area (Å²) in [5, 5.41) is 11.6. The van der Waals surface area contributed by atoms with Crippen molar-refractivity contribution in [3.63, 3.8) is 0 Å². The fraction of sp³-hybridized carbons (Fsp3) is 0. The molecular formula is C14H10N2O2. The number of nitrogens with zero attached hydrogens (tertiary/aromatic N) is 2. The Morgan fingerprint density at radius 3 is 2.44 bits per heavy atom. The summed E-state index contributed by atoms with van der Waals surface area (Å²) in [6.07, 6.45) is 1.85. The minimum absolute atomic E-state index is 0.141. The van der Waals surface area contributed by atoms with Gasteiger partial charge >= 0.3 is 0 Å². The first-order chi connectivity index (χ1) is 8.77. The molecule has 3 aromatic rings. The average molecular weight is 238 g/mol. The molecular weight excluding hydrogens is 228 g/mol. The number of non-ortho nitro benzene ring substituents is 1. The van der Waals surface area contributed by atoms with Crippen molar-refractivity contribution in [1.29, 1.82) is 0 Å². The number of rotatable bonds is 2. The van der Waals surface area contributed by atoms with Gasteiger partial charge in [-0.1, -0.05) is 24.3 Å². The molecule has 0 fully saturated rings. The standard InChI is InChI=1S/C14H10N2O2/c17-16(18)14-8-4-7-13-12(14)9-10-15(13)11-5-2-1-3-6-11/h1-10H. The molecule has 0 N–H and O–H groups in total. The normalized spacial score (nSPS) is 10.7. The third-order valence-corrected chi connectivity index (χ3v) is 2.94. The lowest BCUT2D eigenvalue weighted by Gasteiger charge is -2.04. The summed E-state index contributed by atoms with van der Waals surface area (Å²) in [5.74, 6) is 0. The number of hydrogen-bond acceptors (Lipinski definition) is 2. The maximum atomic E-state index is 11.0. The van der Waals surface area contributed by atoms with Gasteiger partial charge in [-0.15, -0.1) is 0 Å². The van der Waals surface area contributed by atoms with E-state index in [0.29, 0.717) is 5.39 Å². The van der Waals surface area contributed by atoms with Crippen molar-refractivity contribution in [2.75, 3.05) is 0 Å². The van der Waals surface area contributed by atoms with Gasteiger partial charge in [0.15, 0.2) is 0 Å². The highest BCUT2D eigenvalue weighted by molar-refractivity contribution is 5.90. The maximum absolute atomic E-state index is 11.0. The van der Waals surface area contributed by atoms with Crippen LogP contribution >= 0.6 is 0 Å². The molecule has 0 aliphatic rings. The predicted molar refractivity (Wildman–Crippen MR) is 69.9 cm³/mol. The molecule has 3 rings (SSSR count). The number of benzene rings is 2. The van der Waals surface area contributed by atoms with Crippen molar-refractivity contribution in [3.05, 3.63) is 70.9 Å². The van der Waals surface area contributed by atoms with Gasteiger partial charge in [-0.25, -0.2) is 0 Å². The summed E-state index contributed by atoms with van der Waals surface area (Å²) in [6, 6.07) is 16.7. The molecule has 0 bridgehead atoms. The fourth-order valence-electron chi connectivity index (χ4n) is 2.12. The molecule has 0 spiro atoms. The minimum atomic E-state index is -0.350. The van der Waals surface area contributed by atoms with E-state index in [1.165, 1.54) is 6.07 Å². The van der Waals surface area contributed by atoms with E-state index in [-0.39, 0.29) is 10.6 Å². The Kier molecular flexibility index (Phi) is 2.34. The molecule has 1 heterocycles. The van der Waals surface area contributed by atoms with Gasteiger partial charge in [0.1, 0.15) is 0 Å². The topological polar surface area (TPSA) is 48.1 Å². The number of aromatic nitrogens is 1. The van der Waals surface area contributed by atoms with Crippen molar-refractivity contribution in [3.8, 4) is 5.69 Å². The van der Waals surface area contributed by atoms with Crippen LogP contribution in [-0.4, -0.2) is 9.49 Å². The van der Waals surface area contributed by atoms with Gasteiger partial charge in [0, 0.05) is 18.0 Å². The number of hydrogen-bond donors (Lipinski definition) is 0. The number of para-hydroxylation sites is 1. The number of fused-ring (bicyclic) bond motifs is 1. The highest BCUT2D eigenvalue weighted by Crippen LogP contribution is 2.28. The van der Waals surface area contributed by atoms with Gasteiger partial charge in [-0.05, 0) is 24.3 Å². The Bertz CT molecular complexity index is 717.